The van der Waals surface area contributed by atoms with Crippen molar-refractivity contribution in [3.05, 3.63) is 0 Å². The average Bonchev–Trinajstić information content (AvgIpc) is 2.25. The SMILES string of the molecule is CCN1CCN(CCCCC(C)=O)CC1. The Morgan fingerprint density at radius 3 is 2.20 bits per heavy atom. The van der Waals surface area contributed by atoms with Crippen molar-refractivity contribution >= 4 is 5.78 Å². The number of piperazine rings is 1. The van der Waals surface area contributed by atoms with Crippen LogP contribution in [0, 0.1) is 0 Å². The Labute approximate surface area is 93.4 Å². The summed E-state index contributed by atoms with van der Waals surface area (Å²) in [5.74, 6) is 0.325. The summed E-state index contributed by atoms with van der Waals surface area (Å²) in [6.45, 7) is 11.1. The molecule has 3 nitrogen and oxygen atoms in total. The number of unbranched alkanes of at least 4 members (excludes halogenated alkanes) is 1. The molecule has 0 amide bonds. The Hall–Kier alpha value is -0.410. The van der Waals surface area contributed by atoms with Gasteiger partial charge in [-0.2, -0.15) is 0 Å². The van der Waals surface area contributed by atoms with Crippen LogP contribution in [0.5, 0.6) is 0 Å². The molecule has 0 aromatic carbocycles. The number of nitrogens with zero attached hydrogens (tertiary/aromatic N) is 2. The van der Waals surface area contributed by atoms with E-state index in [1.807, 2.05) is 0 Å². The number of carbonyl (C=O) groups is 1. The highest BCUT2D eigenvalue weighted by Gasteiger charge is 2.14. The van der Waals surface area contributed by atoms with Gasteiger partial charge in [0.15, 0.2) is 0 Å². The molecule has 0 aromatic heterocycles. The Bertz CT molecular complexity index is 186. The van der Waals surface area contributed by atoms with Gasteiger partial charge in [-0.25, -0.2) is 0 Å². The maximum atomic E-state index is 10.8. The van der Waals surface area contributed by atoms with E-state index in [1.165, 1.54) is 45.7 Å². The lowest BCUT2D eigenvalue weighted by atomic mass is 10.2. The van der Waals surface area contributed by atoms with Crippen molar-refractivity contribution < 1.29 is 4.79 Å². The van der Waals surface area contributed by atoms with Gasteiger partial charge < -0.3 is 14.6 Å². The monoisotopic (exact) mass is 212 g/mol. The third-order valence-corrected chi connectivity index (χ3v) is 3.17. The summed E-state index contributed by atoms with van der Waals surface area (Å²) in [5.41, 5.74) is 0. The predicted molar refractivity (Wildman–Crippen MR) is 63.1 cm³/mol. The van der Waals surface area contributed by atoms with Gasteiger partial charge in [0, 0.05) is 32.6 Å². The van der Waals surface area contributed by atoms with Gasteiger partial charge in [-0.15, -0.1) is 0 Å². The van der Waals surface area contributed by atoms with Crippen molar-refractivity contribution in [3.8, 4) is 0 Å². The first-order valence-corrected chi connectivity index (χ1v) is 6.16. The molecule has 88 valence electrons. The summed E-state index contributed by atoms with van der Waals surface area (Å²) in [5, 5.41) is 0. The predicted octanol–water partition coefficient (Wildman–Crippen LogP) is 1.38. The van der Waals surface area contributed by atoms with E-state index < -0.39 is 0 Å². The van der Waals surface area contributed by atoms with Gasteiger partial charge in [-0.3, -0.25) is 0 Å². The van der Waals surface area contributed by atoms with Crippen molar-refractivity contribution in [1.82, 2.24) is 9.80 Å². The molecule has 0 unspecified atom stereocenters. The molecule has 1 aliphatic rings. The van der Waals surface area contributed by atoms with Crippen molar-refractivity contribution in [1.29, 1.82) is 0 Å². The van der Waals surface area contributed by atoms with Gasteiger partial charge in [0.05, 0.1) is 0 Å². The normalized spacial score (nSPS) is 19.3. The molecule has 3 heteroatoms. The lowest BCUT2D eigenvalue weighted by Crippen LogP contribution is -2.46. The fraction of sp³-hybridized carbons (Fsp3) is 0.917. The lowest BCUT2D eigenvalue weighted by molar-refractivity contribution is -0.117. The Morgan fingerprint density at radius 1 is 1.07 bits per heavy atom. The zero-order valence-corrected chi connectivity index (χ0v) is 10.2. The third kappa shape index (κ3) is 5.28. The van der Waals surface area contributed by atoms with Gasteiger partial charge in [0.1, 0.15) is 5.78 Å². The number of Topliss-reactive ketones (excluding diaryl/α,β-unsaturated/α-hetero) is 1. The average molecular weight is 212 g/mol. The minimum absolute atomic E-state index is 0.325. The van der Waals surface area contributed by atoms with Crippen LogP contribution in [0.3, 0.4) is 0 Å². The second-order valence-electron chi connectivity index (χ2n) is 4.44. The zero-order chi connectivity index (χ0) is 11.1. The van der Waals surface area contributed by atoms with Crippen LogP contribution in [0.15, 0.2) is 0 Å². The largest absolute Gasteiger partial charge is 0.301 e. The summed E-state index contributed by atoms with van der Waals surface area (Å²) in [6.07, 6.45) is 2.99. The minimum Gasteiger partial charge on any atom is -0.301 e. The molecule has 15 heavy (non-hydrogen) atoms. The third-order valence-electron chi connectivity index (χ3n) is 3.17. The smallest absolute Gasteiger partial charge is 0.129 e. The second-order valence-corrected chi connectivity index (χ2v) is 4.44. The molecule has 0 N–H and O–H groups in total. The van der Waals surface area contributed by atoms with E-state index in [1.54, 1.807) is 6.92 Å². The quantitative estimate of drug-likeness (QED) is 0.622. The van der Waals surface area contributed by atoms with Crippen LogP contribution in [0.1, 0.15) is 33.1 Å². The van der Waals surface area contributed by atoms with E-state index in [0.29, 0.717) is 5.78 Å². The molecule has 0 aromatic rings. The fourth-order valence-corrected chi connectivity index (χ4v) is 2.04. The molecule has 0 aliphatic carbocycles. The molecule has 1 rings (SSSR count). The van der Waals surface area contributed by atoms with Crippen LogP contribution >= 0.6 is 0 Å². The van der Waals surface area contributed by atoms with E-state index in [4.69, 9.17) is 0 Å². The molecule has 0 atom stereocenters. The summed E-state index contributed by atoms with van der Waals surface area (Å²) >= 11 is 0. The van der Waals surface area contributed by atoms with Crippen LogP contribution < -0.4 is 0 Å². The lowest BCUT2D eigenvalue weighted by Gasteiger charge is -2.33. The van der Waals surface area contributed by atoms with Crippen LogP contribution in [-0.4, -0.2) is 54.9 Å². The summed E-state index contributed by atoms with van der Waals surface area (Å²) < 4.78 is 0. The van der Waals surface area contributed by atoms with Gasteiger partial charge in [0.25, 0.3) is 0 Å². The number of likely N-dealkylation sites (N-methyl/N-ethyl adjacent to an activating group) is 1. The van der Waals surface area contributed by atoms with Gasteiger partial charge >= 0.3 is 0 Å². The van der Waals surface area contributed by atoms with Crippen molar-refractivity contribution in [3.63, 3.8) is 0 Å². The van der Waals surface area contributed by atoms with Crippen LogP contribution in [0.25, 0.3) is 0 Å². The number of carbonyl (C=O) groups excluding carboxylic acids is 1. The first-order chi connectivity index (χ1) is 7.22. The molecule has 0 radical (unpaired) electrons. The van der Waals surface area contributed by atoms with E-state index in [-0.39, 0.29) is 0 Å². The number of ketones is 1. The maximum absolute atomic E-state index is 10.8. The fourth-order valence-electron chi connectivity index (χ4n) is 2.04. The number of hydrogen-bond acceptors (Lipinski definition) is 3. The highest BCUT2D eigenvalue weighted by atomic mass is 16.1. The van der Waals surface area contributed by atoms with Crippen molar-refractivity contribution in [2.45, 2.75) is 33.1 Å². The Balaban J connectivity index is 2.01. The first-order valence-electron chi connectivity index (χ1n) is 6.16. The standard InChI is InChI=1S/C12H24N2O/c1-3-13-8-10-14(11-9-13)7-5-4-6-12(2)15/h3-11H2,1-2H3. The van der Waals surface area contributed by atoms with E-state index in [2.05, 4.69) is 16.7 Å². The van der Waals surface area contributed by atoms with E-state index >= 15 is 0 Å². The van der Waals surface area contributed by atoms with Crippen LogP contribution in [0.4, 0.5) is 0 Å². The first kappa shape index (κ1) is 12.7. The Kier molecular flexibility index (Phi) is 5.88. The summed E-state index contributed by atoms with van der Waals surface area (Å²) in [6, 6.07) is 0. The molecular formula is C12H24N2O. The molecule has 0 spiro atoms. The number of hydrogen-bond donors (Lipinski definition) is 0. The molecule has 0 saturated carbocycles. The highest BCUT2D eigenvalue weighted by Crippen LogP contribution is 2.04. The summed E-state index contributed by atoms with van der Waals surface area (Å²) in [7, 11) is 0. The molecule has 1 fully saturated rings. The maximum Gasteiger partial charge on any atom is 0.129 e. The van der Waals surface area contributed by atoms with Crippen molar-refractivity contribution in [2.75, 3.05) is 39.3 Å². The van der Waals surface area contributed by atoms with Gasteiger partial charge in [0.2, 0.25) is 0 Å². The van der Waals surface area contributed by atoms with Crippen LogP contribution in [0.2, 0.25) is 0 Å². The molecule has 1 aliphatic heterocycles. The second kappa shape index (κ2) is 6.96. The van der Waals surface area contributed by atoms with Gasteiger partial charge in [-0.05, 0) is 32.9 Å². The van der Waals surface area contributed by atoms with Crippen molar-refractivity contribution in [2.24, 2.45) is 0 Å². The van der Waals surface area contributed by atoms with Gasteiger partial charge in [-0.1, -0.05) is 6.92 Å². The van der Waals surface area contributed by atoms with Crippen LogP contribution in [-0.2, 0) is 4.79 Å². The topological polar surface area (TPSA) is 23.6 Å². The van der Waals surface area contributed by atoms with E-state index in [0.717, 1.165) is 12.8 Å². The molecule has 1 heterocycles. The zero-order valence-electron chi connectivity index (χ0n) is 10.2. The summed E-state index contributed by atoms with van der Waals surface area (Å²) in [4.78, 5) is 15.8. The van der Waals surface area contributed by atoms with E-state index in [9.17, 15) is 4.79 Å². The Morgan fingerprint density at radius 2 is 1.67 bits per heavy atom. The molecule has 1 saturated heterocycles. The highest BCUT2D eigenvalue weighted by molar-refractivity contribution is 5.75. The molecule has 0 bridgehead atoms. The minimum atomic E-state index is 0.325. The molecular weight excluding hydrogens is 188 g/mol. The number of rotatable bonds is 6.